The lowest BCUT2D eigenvalue weighted by atomic mass is 10.00. The molecule has 13 heavy (non-hydrogen) atoms. The molecule has 3 heteroatoms. The zero-order valence-corrected chi connectivity index (χ0v) is 9.70. The van der Waals surface area contributed by atoms with Crippen LogP contribution in [0.3, 0.4) is 0 Å². The van der Waals surface area contributed by atoms with E-state index in [1.165, 1.54) is 0 Å². The standard InChI is InChI=1S/C10H13BrN2/c1-5(2)8-6(3)9(11)13-10(12)7(8)4/h1H2,2-4H3,(H2,12,13). The fourth-order valence-corrected chi connectivity index (χ4v) is 1.82. The molecule has 1 aromatic heterocycles. The summed E-state index contributed by atoms with van der Waals surface area (Å²) in [7, 11) is 0. The summed E-state index contributed by atoms with van der Waals surface area (Å²) in [6.45, 7) is 9.87. The normalized spacial score (nSPS) is 10.2. The van der Waals surface area contributed by atoms with Crippen LogP contribution in [0.2, 0.25) is 0 Å². The number of nitrogens with zero attached hydrogens (tertiary/aromatic N) is 1. The number of nitrogen functional groups attached to an aromatic ring is 1. The summed E-state index contributed by atoms with van der Waals surface area (Å²) in [5.74, 6) is 0.565. The lowest BCUT2D eigenvalue weighted by molar-refractivity contribution is 1.17. The van der Waals surface area contributed by atoms with E-state index in [4.69, 9.17) is 5.73 Å². The van der Waals surface area contributed by atoms with E-state index in [0.717, 1.165) is 26.9 Å². The fourth-order valence-electron chi connectivity index (χ4n) is 1.43. The van der Waals surface area contributed by atoms with Crippen molar-refractivity contribution in [3.05, 3.63) is 27.9 Å². The fraction of sp³-hybridized carbons (Fsp3) is 0.300. The van der Waals surface area contributed by atoms with Crippen LogP contribution in [0.4, 0.5) is 5.82 Å². The Morgan fingerprint density at radius 1 is 1.38 bits per heavy atom. The van der Waals surface area contributed by atoms with Crippen molar-refractivity contribution in [2.24, 2.45) is 0 Å². The van der Waals surface area contributed by atoms with Crippen molar-refractivity contribution in [2.75, 3.05) is 5.73 Å². The molecule has 0 saturated carbocycles. The smallest absolute Gasteiger partial charge is 0.128 e. The van der Waals surface area contributed by atoms with E-state index >= 15 is 0 Å². The van der Waals surface area contributed by atoms with E-state index in [2.05, 4.69) is 27.5 Å². The van der Waals surface area contributed by atoms with Gasteiger partial charge < -0.3 is 5.73 Å². The third-order valence-corrected chi connectivity index (χ3v) is 2.86. The Morgan fingerprint density at radius 3 is 2.38 bits per heavy atom. The van der Waals surface area contributed by atoms with E-state index in [1.54, 1.807) is 0 Å². The Balaban J connectivity index is 3.56. The van der Waals surface area contributed by atoms with Crippen molar-refractivity contribution in [2.45, 2.75) is 20.8 Å². The summed E-state index contributed by atoms with van der Waals surface area (Å²) in [5.41, 5.74) is 9.98. The minimum absolute atomic E-state index is 0.565. The number of rotatable bonds is 1. The Morgan fingerprint density at radius 2 is 1.92 bits per heavy atom. The van der Waals surface area contributed by atoms with E-state index in [-0.39, 0.29) is 0 Å². The Hall–Kier alpha value is -0.830. The predicted octanol–water partition coefficient (Wildman–Crippen LogP) is 3.08. The van der Waals surface area contributed by atoms with Crippen LogP contribution in [-0.2, 0) is 0 Å². The van der Waals surface area contributed by atoms with Crippen molar-refractivity contribution >= 4 is 27.3 Å². The first-order chi connectivity index (χ1) is 5.95. The van der Waals surface area contributed by atoms with E-state index in [0.29, 0.717) is 5.82 Å². The Labute approximate surface area is 87.0 Å². The average molecular weight is 241 g/mol. The first kappa shape index (κ1) is 10.3. The summed E-state index contributed by atoms with van der Waals surface area (Å²) in [6.07, 6.45) is 0. The number of hydrogen-bond acceptors (Lipinski definition) is 2. The van der Waals surface area contributed by atoms with Gasteiger partial charge >= 0.3 is 0 Å². The van der Waals surface area contributed by atoms with Crippen molar-refractivity contribution in [1.82, 2.24) is 4.98 Å². The third-order valence-electron chi connectivity index (χ3n) is 2.09. The van der Waals surface area contributed by atoms with E-state index < -0.39 is 0 Å². The molecule has 1 rings (SSSR count). The van der Waals surface area contributed by atoms with E-state index in [9.17, 15) is 0 Å². The molecule has 1 aromatic rings. The number of pyridine rings is 1. The number of anilines is 1. The van der Waals surface area contributed by atoms with Gasteiger partial charge in [0.25, 0.3) is 0 Å². The van der Waals surface area contributed by atoms with Crippen LogP contribution in [0.25, 0.3) is 5.57 Å². The molecule has 0 atom stereocenters. The van der Waals surface area contributed by atoms with Crippen molar-refractivity contribution in [3.8, 4) is 0 Å². The summed E-state index contributed by atoms with van der Waals surface area (Å²) in [4.78, 5) is 4.17. The van der Waals surface area contributed by atoms with Gasteiger partial charge in [-0.05, 0) is 53.4 Å². The lowest BCUT2D eigenvalue weighted by Crippen LogP contribution is -2.01. The second kappa shape index (κ2) is 3.50. The van der Waals surface area contributed by atoms with Gasteiger partial charge in [-0.1, -0.05) is 12.2 Å². The molecular formula is C10H13BrN2. The molecule has 0 spiro atoms. The molecule has 2 N–H and O–H groups in total. The highest BCUT2D eigenvalue weighted by molar-refractivity contribution is 9.10. The van der Waals surface area contributed by atoms with Gasteiger partial charge in [0.1, 0.15) is 10.4 Å². The quantitative estimate of drug-likeness (QED) is 0.767. The van der Waals surface area contributed by atoms with Crippen LogP contribution in [0, 0.1) is 13.8 Å². The predicted molar refractivity (Wildman–Crippen MR) is 60.5 cm³/mol. The van der Waals surface area contributed by atoms with Crippen LogP contribution in [0.1, 0.15) is 23.6 Å². The third kappa shape index (κ3) is 1.75. The van der Waals surface area contributed by atoms with Crippen molar-refractivity contribution < 1.29 is 0 Å². The van der Waals surface area contributed by atoms with Gasteiger partial charge in [0.05, 0.1) is 0 Å². The molecule has 0 aliphatic heterocycles. The minimum atomic E-state index is 0.565. The van der Waals surface area contributed by atoms with Gasteiger partial charge in [0, 0.05) is 0 Å². The largest absolute Gasteiger partial charge is 0.383 e. The molecule has 0 aliphatic carbocycles. The zero-order valence-electron chi connectivity index (χ0n) is 8.11. The lowest BCUT2D eigenvalue weighted by Gasteiger charge is -2.12. The molecule has 0 aromatic carbocycles. The van der Waals surface area contributed by atoms with E-state index in [1.807, 2.05) is 20.8 Å². The second-order valence-corrected chi connectivity index (χ2v) is 3.94. The molecule has 1 heterocycles. The zero-order chi connectivity index (χ0) is 10.2. The number of hydrogen-bond donors (Lipinski definition) is 1. The van der Waals surface area contributed by atoms with Gasteiger partial charge in [0.2, 0.25) is 0 Å². The summed E-state index contributed by atoms with van der Waals surface area (Å²) in [6, 6.07) is 0. The first-order valence-corrected chi connectivity index (χ1v) is 4.82. The van der Waals surface area contributed by atoms with Gasteiger partial charge in [-0.15, -0.1) is 0 Å². The van der Waals surface area contributed by atoms with Crippen molar-refractivity contribution in [1.29, 1.82) is 0 Å². The molecular weight excluding hydrogens is 228 g/mol. The van der Waals surface area contributed by atoms with Gasteiger partial charge in [-0.25, -0.2) is 4.98 Å². The number of aromatic nitrogens is 1. The maximum atomic E-state index is 5.75. The van der Waals surface area contributed by atoms with Crippen LogP contribution in [0.5, 0.6) is 0 Å². The second-order valence-electron chi connectivity index (χ2n) is 3.19. The highest BCUT2D eigenvalue weighted by Gasteiger charge is 2.10. The average Bonchev–Trinajstić information content (AvgIpc) is 2.01. The molecule has 70 valence electrons. The molecule has 0 radical (unpaired) electrons. The molecule has 0 aliphatic rings. The first-order valence-electron chi connectivity index (χ1n) is 4.03. The highest BCUT2D eigenvalue weighted by Crippen LogP contribution is 2.28. The molecule has 0 fully saturated rings. The summed E-state index contributed by atoms with van der Waals surface area (Å²) in [5, 5.41) is 0. The maximum absolute atomic E-state index is 5.75. The maximum Gasteiger partial charge on any atom is 0.128 e. The summed E-state index contributed by atoms with van der Waals surface area (Å²) >= 11 is 3.37. The molecule has 0 unspecified atom stereocenters. The van der Waals surface area contributed by atoms with Gasteiger partial charge in [-0.3, -0.25) is 0 Å². The minimum Gasteiger partial charge on any atom is -0.383 e. The molecule has 2 nitrogen and oxygen atoms in total. The van der Waals surface area contributed by atoms with Crippen LogP contribution in [-0.4, -0.2) is 4.98 Å². The molecule has 0 bridgehead atoms. The van der Waals surface area contributed by atoms with Crippen LogP contribution >= 0.6 is 15.9 Å². The van der Waals surface area contributed by atoms with Gasteiger partial charge in [0.15, 0.2) is 0 Å². The molecule has 0 amide bonds. The van der Waals surface area contributed by atoms with Crippen molar-refractivity contribution in [3.63, 3.8) is 0 Å². The number of nitrogens with two attached hydrogens (primary N) is 1. The Bertz CT molecular complexity index is 343. The van der Waals surface area contributed by atoms with Crippen LogP contribution in [0.15, 0.2) is 11.2 Å². The van der Waals surface area contributed by atoms with Gasteiger partial charge in [-0.2, -0.15) is 0 Å². The van der Waals surface area contributed by atoms with Crippen LogP contribution < -0.4 is 5.73 Å². The number of allylic oxidation sites excluding steroid dienone is 1. The molecule has 0 saturated heterocycles. The highest BCUT2D eigenvalue weighted by atomic mass is 79.9. The summed E-state index contributed by atoms with van der Waals surface area (Å²) < 4.78 is 0.800. The Kier molecular flexibility index (Phi) is 2.76. The topological polar surface area (TPSA) is 38.9 Å². The SMILES string of the molecule is C=C(C)c1c(C)c(N)nc(Br)c1C. The monoisotopic (exact) mass is 240 g/mol. The number of halogens is 1.